The molecule has 2 nitrogen and oxygen atoms in total. The van der Waals surface area contributed by atoms with E-state index in [1.807, 2.05) is 12.1 Å². The molecule has 2 unspecified atom stereocenters. The third kappa shape index (κ3) is 4.90. The summed E-state index contributed by atoms with van der Waals surface area (Å²) in [6.45, 7) is 3.38. The zero-order chi connectivity index (χ0) is 13.9. The molecule has 0 aliphatic heterocycles. The van der Waals surface area contributed by atoms with Gasteiger partial charge in [-0.25, -0.2) is 0 Å². The van der Waals surface area contributed by atoms with Crippen LogP contribution in [-0.4, -0.2) is 12.7 Å². The summed E-state index contributed by atoms with van der Waals surface area (Å²) in [7, 11) is 0. The Balaban J connectivity index is 1.57. The molecule has 1 aromatic rings. The Morgan fingerprint density at radius 3 is 2.68 bits per heavy atom. The SMILES string of the molecule is CC1CC1c1ccc(CNCCCCC(F)(F)F)o1. The topological polar surface area (TPSA) is 25.2 Å². The van der Waals surface area contributed by atoms with Crippen molar-refractivity contribution in [3.63, 3.8) is 0 Å². The summed E-state index contributed by atoms with van der Waals surface area (Å²) in [5.41, 5.74) is 0. The standard InChI is InChI=1S/C14H20F3NO/c1-10-8-12(10)13-5-4-11(19-13)9-18-7-3-2-6-14(15,16)17/h4-5,10,12,18H,2-3,6-9H2,1H3. The van der Waals surface area contributed by atoms with Gasteiger partial charge in [0.15, 0.2) is 0 Å². The summed E-state index contributed by atoms with van der Waals surface area (Å²) in [6, 6.07) is 3.96. The van der Waals surface area contributed by atoms with Gasteiger partial charge < -0.3 is 9.73 Å². The minimum absolute atomic E-state index is 0.180. The summed E-state index contributed by atoms with van der Waals surface area (Å²) in [4.78, 5) is 0. The number of furan rings is 1. The van der Waals surface area contributed by atoms with Crippen LogP contribution in [0.2, 0.25) is 0 Å². The fourth-order valence-electron chi connectivity index (χ4n) is 2.19. The van der Waals surface area contributed by atoms with Crippen molar-refractivity contribution in [1.29, 1.82) is 0 Å². The second kappa shape index (κ2) is 5.99. The quantitative estimate of drug-likeness (QED) is 0.753. The van der Waals surface area contributed by atoms with Crippen LogP contribution in [0.3, 0.4) is 0 Å². The van der Waals surface area contributed by atoms with Crippen LogP contribution in [0.4, 0.5) is 13.2 Å². The van der Waals surface area contributed by atoms with E-state index in [9.17, 15) is 13.2 Å². The highest BCUT2D eigenvalue weighted by atomic mass is 19.4. The van der Waals surface area contributed by atoms with E-state index >= 15 is 0 Å². The second-order valence-electron chi connectivity index (χ2n) is 5.37. The zero-order valence-electron chi connectivity index (χ0n) is 11.1. The molecule has 2 rings (SSSR count). The lowest BCUT2D eigenvalue weighted by Gasteiger charge is -2.06. The van der Waals surface area contributed by atoms with E-state index in [4.69, 9.17) is 4.42 Å². The number of hydrogen-bond acceptors (Lipinski definition) is 2. The van der Waals surface area contributed by atoms with Crippen LogP contribution in [0.1, 0.15) is 50.0 Å². The van der Waals surface area contributed by atoms with Gasteiger partial charge in [0.1, 0.15) is 11.5 Å². The molecular formula is C14H20F3NO. The van der Waals surface area contributed by atoms with E-state index in [-0.39, 0.29) is 6.42 Å². The first-order valence-corrected chi connectivity index (χ1v) is 6.82. The third-order valence-corrected chi connectivity index (χ3v) is 3.52. The third-order valence-electron chi connectivity index (χ3n) is 3.52. The predicted octanol–water partition coefficient (Wildman–Crippen LogP) is 4.23. The first kappa shape index (κ1) is 14.4. The van der Waals surface area contributed by atoms with Gasteiger partial charge in [-0.05, 0) is 43.9 Å². The molecule has 2 atom stereocenters. The molecule has 1 heterocycles. The Hall–Kier alpha value is -0.970. The zero-order valence-corrected chi connectivity index (χ0v) is 11.1. The number of rotatable bonds is 7. The monoisotopic (exact) mass is 275 g/mol. The molecule has 19 heavy (non-hydrogen) atoms. The molecular weight excluding hydrogens is 255 g/mol. The van der Waals surface area contributed by atoms with E-state index in [1.165, 1.54) is 6.42 Å². The fourth-order valence-corrected chi connectivity index (χ4v) is 2.19. The number of nitrogens with one attached hydrogen (secondary N) is 1. The predicted molar refractivity (Wildman–Crippen MR) is 66.8 cm³/mol. The average molecular weight is 275 g/mol. The Kier molecular flexibility index (Phi) is 4.55. The highest BCUT2D eigenvalue weighted by Gasteiger charge is 2.36. The van der Waals surface area contributed by atoms with Crippen LogP contribution in [0.15, 0.2) is 16.5 Å². The van der Waals surface area contributed by atoms with Gasteiger partial charge >= 0.3 is 6.18 Å². The lowest BCUT2D eigenvalue weighted by atomic mass is 10.2. The van der Waals surface area contributed by atoms with Crippen molar-refractivity contribution in [3.8, 4) is 0 Å². The Morgan fingerprint density at radius 2 is 2.05 bits per heavy atom. The van der Waals surface area contributed by atoms with Crippen LogP contribution >= 0.6 is 0 Å². The number of halogens is 3. The molecule has 0 amide bonds. The van der Waals surface area contributed by atoms with Crippen LogP contribution in [0, 0.1) is 5.92 Å². The van der Waals surface area contributed by atoms with Gasteiger partial charge in [-0.2, -0.15) is 13.2 Å². The molecule has 0 radical (unpaired) electrons. The minimum atomic E-state index is -4.03. The van der Waals surface area contributed by atoms with Crippen molar-refractivity contribution in [1.82, 2.24) is 5.32 Å². The molecule has 0 saturated heterocycles. The highest BCUT2D eigenvalue weighted by Crippen LogP contribution is 2.47. The van der Waals surface area contributed by atoms with Crippen molar-refractivity contribution >= 4 is 0 Å². The molecule has 0 bridgehead atoms. The molecule has 1 saturated carbocycles. The summed E-state index contributed by atoms with van der Waals surface area (Å²) in [5, 5.41) is 3.11. The molecule has 1 aliphatic rings. The van der Waals surface area contributed by atoms with Crippen molar-refractivity contribution < 1.29 is 17.6 Å². The molecule has 5 heteroatoms. The lowest BCUT2D eigenvalue weighted by Crippen LogP contribution is -2.15. The molecule has 1 N–H and O–H groups in total. The minimum Gasteiger partial charge on any atom is -0.464 e. The van der Waals surface area contributed by atoms with Crippen LogP contribution < -0.4 is 5.32 Å². The van der Waals surface area contributed by atoms with E-state index in [0.717, 1.165) is 11.5 Å². The molecule has 108 valence electrons. The van der Waals surface area contributed by atoms with Crippen molar-refractivity contribution in [2.24, 2.45) is 5.92 Å². The maximum atomic E-state index is 11.9. The maximum Gasteiger partial charge on any atom is 0.389 e. The smallest absolute Gasteiger partial charge is 0.389 e. The van der Waals surface area contributed by atoms with Gasteiger partial charge in [0.2, 0.25) is 0 Å². The summed E-state index contributed by atoms with van der Waals surface area (Å²) in [6.07, 6.45) is -2.82. The largest absolute Gasteiger partial charge is 0.464 e. The van der Waals surface area contributed by atoms with E-state index < -0.39 is 12.6 Å². The fraction of sp³-hybridized carbons (Fsp3) is 0.714. The lowest BCUT2D eigenvalue weighted by molar-refractivity contribution is -0.135. The molecule has 1 aliphatic carbocycles. The van der Waals surface area contributed by atoms with Gasteiger partial charge in [0.25, 0.3) is 0 Å². The van der Waals surface area contributed by atoms with Crippen LogP contribution in [-0.2, 0) is 6.54 Å². The molecule has 0 aromatic carbocycles. The van der Waals surface area contributed by atoms with Gasteiger partial charge in [-0.3, -0.25) is 0 Å². The first-order chi connectivity index (χ1) is 8.96. The summed E-state index contributed by atoms with van der Waals surface area (Å²) in [5.74, 6) is 3.20. The Bertz CT molecular complexity index is 400. The van der Waals surface area contributed by atoms with Crippen LogP contribution in [0.25, 0.3) is 0 Å². The molecule has 1 aromatic heterocycles. The van der Waals surface area contributed by atoms with Crippen LogP contribution in [0.5, 0.6) is 0 Å². The van der Waals surface area contributed by atoms with Crippen molar-refractivity contribution in [3.05, 3.63) is 23.7 Å². The number of alkyl halides is 3. The first-order valence-electron chi connectivity index (χ1n) is 6.82. The van der Waals surface area contributed by atoms with Crippen molar-refractivity contribution in [2.45, 2.75) is 51.2 Å². The maximum absolute atomic E-state index is 11.9. The normalized spacial score (nSPS) is 22.7. The van der Waals surface area contributed by atoms with Gasteiger partial charge in [-0.15, -0.1) is 0 Å². The van der Waals surface area contributed by atoms with Gasteiger partial charge in [-0.1, -0.05) is 6.92 Å². The highest BCUT2D eigenvalue weighted by molar-refractivity contribution is 5.17. The van der Waals surface area contributed by atoms with E-state index in [0.29, 0.717) is 31.3 Å². The van der Waals surface area contributed by atoms with E-state index in [1.54, 1.807) is 0 Å². The number of hydrogen-bond donors (Lipinski definition) is 1. The second-order valence-corrected chi connectivity index (χ2v) is 5.37. The Morgan fingerprint density at radius 1 is 1.32 bits per heavy atom. The number of unbranched alkanes of at least 4 members (excludes halogenated alkanes) is 1. The van der Waals surface area contributed by atoms with Gasteiger partial charge in [0, 0.05) is 12.3 Å². The average Bonchev–Trinajstić information content (AvgIpc) is 2.87. The molecule has 0 spiro atoms. The summed E-state index contributed by atoms with van der Waals surface area (Å²) >= 11 is 0. The van der Waals surface area contributed by atoms with Gasteiger partial charge in [0.05, 0.1) is 6.54 Å². The van der Waals surface area contributed by atoms with E-state index in [2.05, 4.69) is 12.2 Å². The molecule has 1 fully saturated rings. The Labute approximate surface area is 111 Å². The summed E-state index contributed by atoms with van der Waals surface area (Å²) < 4.78 is 41.4. The van der Waals surface area contributed by atoms with Crippen molar-refractivity contribution in [2.75, 3.05) is 6.54 Å².